The summed E-state index contributed by atoms with van der Waals surface area (Å²) >= 11 is 7.51. The predicted molar refractivity (Wildman–Crippen MR) is 112 cm³/mol. The zero-order valence-electron chi connectivity index (χ0n) is 15.8. The fourth-order valence-corrected chi connectivity index (χ4v) is 4.41. The van der Waals surface area contributed by atoms with Crippen LogP contribution < -0.4 is 10.7 Å². The van der Waals surface area contributed by atoms with E-state index in [1.54, 1.807) is 22.9 Å². The van der Waals surface area contributed by atoms with Crippen molar-refractivity contribution in [1.82, 2.24) is 14.9 Å². The van der Waals surface area contributed by atoms with Gasteiger partial charge in [-0.05, 0) is 42.3 Å². The minimum absolute atomic E-state index is 0.205. The first-order chi connectivity index (χ1) is 14.0. The Bertz CT molecular complexity index is 1060. The molecule has 1 aliphatic heterocycles. The van der Waals surface area contributed by atoms with Crippen LogP contribution in [0, 0.1) is 12.7 Å². The van der Waals surface area contributed by atoms with Gasteiger partial charge in [-0.3, -0.25) is 4.79 Å². The third-order valence-corrected chi connectivity index (χ3v) is 6.37. The topological polar surface area (TPSA) is 71.8 Å². The maximum Gasteiger partial charge on any atom is 0.240 e. The number of rotatable bonds is 4. The lowest BCUT2D eigenvalue weighted by atomic mass is 10.0. The first kappa shape index (κ1) is 19.7. The molecule has 0 spiro atoms. The zero-order valence-corrected chi connectivity index (χ0v) is 17.4. The summed E-state index contributed by atoms with van der Waals surface area (Å²) in [5.74, 6) is 0.236. The molecule has 6 nitrogen and oxygen atoms in total. The Morgan fingerprint density at radius 2 is 2.03 bits per heavy atom. The number of nitrogens with one attached hydrogen (secondary N) is 2. The molecule has 1 amide bonds. The third kappa shape index (κ3) is 3.95. The molecule has 0 saturated carbocycles. The van der Waals surface area contributed by atoms with Crippen LogP contribution in [0.15, 0.2) is 47.6 Å². The Kier molecular flexibility index (Phi) is 5.47. The smallest absolute Gasteiger partial charge is 0.240 e. The van der Waals surface area contributed by atoms with Crippen LogP contribution in [0.4, 0.5) is 10.1 Å². The van der Waals surface area contributed by atoms with Crippen molar-refractivity contribution in [3.05, 3.63) is 70.3 Å². The molecule has 2 aromatic carbocycles. The minimum Gasteiger partial charge on any atom is -0.325 e. The van der Waals surface area contributed by atoms with Crippen LogP contribution in [-0.4, -0.2) is 26.0 Å². The van der Waals surface area contributed by atoms with Crippen molar-refractivity contribution in [2.45, 2.75) is 36.7 Å². The normalized spacial score (nSPS) is 18.1. The van der Waals surface area contributed by atoms with Crippen molar-refractivity contribution < 1.29 is 9.18 Å². The fraction of sp³-hybridized carbons (Fsp3) is 0.250. The molecule has 1 aliphatic rings. The van der Waals surface area contributed by atoms with Gasteiger partial charge in [0.15, 0.2) is 5.82 Å². The van der Waals surface area contributed by atoms with E-state index in [0.717, 1.165) is 17.0 Å². The van der Waals surface area contributed by atoms with Crippen LogP contribution in [0.2, 0.25) is 5.02 Å². The van der Waals surface area contributed by atoms with Gasteiger partial charge < -0.3 is 10.7 Å². The van der Waals surface area contributed by atoms with Gasteiger partial charge in [0.2, 0.25) is 11.1 Å². The highest BCUT2D eigenvalue weighted by atomic mass is 35.5. The number of hydrogen-bond acceptors (Lipinski definition) is 5. The van der Waals surface area contributed by atoms with E-state index in [9.17, 15) is 9.18 Å². The van der Waals surface area contributed by atoms with E-state index < -0.39 is 11.3 Å². The molecule has 9 heteroatoms. The average Bonchev–Trinajstić information content (AvgIpc) is 3.12. The fourth-order valence-electron chi connectivity index (χ4n) is 3.13. The molecular formula is C20H19ClFN5OS. The van der Waals surface area contributed by atoms with Gasteiger partial charge in [-0.25, -0.2) is 9.07 Å². The molecular weight excluding hydrogens is 413 g/mol. The quantitative estimate of drug-likeness (QED) is 0.643. The number of aromatic nitrogens is 3. The Labute approximate surface area is 176 Å². The van der Waals surface area contributed by atoms with Gasteiger partial charge in [-0.2, -0.15) is 0 Å². The molecule has 0 aliphatic carbocycles. The van der Waals surface area contributed by atoms with Gasteiger partial charge in [-0.1, -0.05) is 48.5 Å². The summed E-state index contributed by atoms with van der Waals surface area (Å²) in [6.45, 7) is 3.88. The molecule has 0 saturated heterocycles. The summed E-state index contributed by atoms with van der Waals surface area (Å²) in [6, 6.07) is 11.1. The number of amides is 1. The van der Waals surface area contributed by atoms with Crippen molar-refractivity contribution in [2.75, 3.05) is 10.7 Å². The molecule has 2 atom stereocenters. The molecule has 4 rings (SSSR count). The number of carbonyl (C=O) groups is 1. The summed E-state index contributed by atoms with van der Waals surface area (Å²) in [5.41, 5.74) is 5.67. The number of nitrogens with zero attached hydrogens (tertiary/aromatic N) is 3. The van der Waals surface area contributed by atoms with Gasteiger partial charge >= 0.3 is 0 Å². The molecule has 29 heavy (non-hydrogen) atoms. The maximum absolute atomic E-state index is 13.4. The average molecular weight is 432 g/mol. The van der Waals surface area contributed by atoms with Gasteiger partial charge in [0.05, 0.1) is 6.04 Å². The van der Waals surface area contributed by atoms with Crippen molar-refractivity contribution >= 4 is 35.0 Å². The second-order valence-corrected chi connectivity index (χ2v) is 8.25. The van der Waals surface area contributed by atoms with Gasteiger partial charge in [0, 0.05) is 17.1 Å². The molecule has 0 fully saturated rings. The Morgan fingerprint density at radius 3 is 2.72 bits per heavy atom. The number of fused-ring (bicyclic) bond motifs is 1. The second-order valence-electron chi connectivity index (χ2n) is 6.74. The monoisotopic (exact) mass is 431 g/mol. The van der Waals surface area contributed by atoms with Gasteiger partial charge in [0.25, 0.3) is 0 Å². The molecule has 1 aromatic heterocycles. The Morgan fingerprint density at radius 1 is 1.28 bits per heavy atom. The number of anilines is 1. The van der Waals surface area contributed by atoms with Crippen LogP contribution in [0.1, 0.15) is 29.9 Å². The number of aryl methyl sites for hydroxylation is 2. The van der Waals surface area contributed by atoms with E-state index in [-0.39, 0.29) is 11.7 Å². The molecule has 2 N–H and O–H groups in total. The Hall–Kier alpha value is -2.58. The summed E-state index contributed by atoms with van der Waals surface area (Å²) in [4.78, 5) is 13.2. The summed E-state index contributed by atoms with van der Waals surface area (Å²) in [6.07, 6.45) is 0.690. The van der Waals surface area contributed by atoms with E-state index >= 15 is 0 Å². The second kappa shape index (κ2) is 8.04. The summed E-state index contributed by atoms with van der Waals surface area (Å²) in [7, 11) is 0. The molecule has 0 radical (unpaired) electrons. The van der Waals surface area contributed by atoms with Crippen LogP contribution in [0.5, 0.6) is 0 Å². The van der Waals surface area contributed by atoms with Crippen molar-refractivity contribution in [2.24, 2.45) is 0 Å². The van der Waals surface area contributed by atoms with Gasteiger partial charge in [-0.15, -0.1) is 10.2 Å². The summed E-state index contributed by atoms with van der Waals surface area (Å²) in [5, 5.41) is 11.9. The van der Waals surface area contributed by atoms with Crippen LogP contribution >= 0.6 is 23.4 Å². The number of carbonyl (C=O) groups excluding carboxylic acids is 1. The first-order valence-electron chi connectivity index (χ1n) is 9.16. The number of benzene rings is 2. The highest BCUT2D eigenvalue weighted by Gasteiger charge is 2.37. The molecule has 0 bridgehead atoms. The first-order valence-corrected chi connectivity index (χ1v) is 10.4. The standard InChI is InChI=1S/C20H19ClFN5OS/c1-3-16-24-25-20-27(16)26-17(12-5-7-13(22)8-6-12)18(29-20)19(28)23-14-9-4-11(2)15(21)10-14/h4-10,17-18,26H,3H2,1-2H3,(H,23,28)/t17-,18+/m0/s1. The highest BCUT2D eigenvalue weighted by Crippen LogP contribution is 2.37. The third-order valence-electron chi connectivity index (χ3n) is 4.75. The van der Waals surface area contributed by atoms with E-state index in [1.807, 2.05) is 26.0 Å². The van der Waals surface area contributed by atoms with E-state index in [2.05, 4.69) is 20.9 Å². The molecule has 150 valence electrons. The number of thioether (sulfide) groups is 1. The SMILES string of the molecule is CCc1nnc2n1N[C@@H](c1ccc(F)cc1)[C@H](C(=O)Nc1ccc(C)c(Cl)c1)S2. The molecule has 3 aromatic rings. The number of halogens is 2. The molecule has 0 unspecified atom stereocenters. The maximum atomic E-state index is 13.4. The zero-order chi connectivity index (χ0) is 20.5. The number of hydrogen-bond donors (Lipinski definition) is 2. The van der Waals surface area contributed by atoms with E-state index in [1.165, 1.54) is 23.9 Å². The van der Waals surface area contributed by atoms with Crippen molar-refractivity contribution in [3.63, 3.8) is 0 Å². The van der Waals surface area contributed by atoms with Crippen LogP contribution in [-0.2, 0) is 11.2 Å². The van der Waals surface area contributed by atoms with Crippen molar-refractivity contribution in [1.29, 1.82) is 0 Å². The Balaban J connectivity index is 1.66. The van der Waals surface area contributed by atoms with Gasteiger partial charge in [0.1, 0.15) is 11.1 Å². The van der Waals surface area contributed by atoms with E-state index in [4.69, 9.17) is 11.6 Å². The predicted octanol–water partition coefficient (Wildman–Crippen LogP) is 4.34. The lowest BCUT2D eigenvalue weighted by Crippen LogP contribution is -2.41. The van der Waals surface area contributed by atoms with Crippen LogP contribution in [0.3, 0.4) is 0 Å². The van der Waals surface area contributed by atoms with Crippen molar-refractivity contribution in [3.8, 4) is 0 Å². The van der Waals surface area contributed by atoms with Crippen LogP contribution in [0.25, 0.3) is 0 Å². The molecule has 2 heterocycles. The minimum atomic E-state index is -0.540. The largest absolute Gasteiger partial charge is 0.325 e. The summed E-state index contributed by atoms with van der Waals surface area (Å²) < 4.78 is 15.2. The van der Waals surface area contributed by atoms with E-state index in [0.29, 0.717) is 22.3 Å². The lowest BCUT2D eigenvalue weighted by molar-refractivity contribution is -0.116. The lowest BCUT2D eigenvalue weighted by Gasteiger charge is -2.33. The highest BCUT2D eigenvalue weighted by molar-refractivity contribution is 8.00.